The summed E-state index contributed by atoms with van der Waals surface area (Å²) in [5, 5.41) is 3.58. The average Bonchev–Trinajstić information content (AvgIpc) is 2.21. The van der Waals surface area contributed by atoms with Crippen LogP contribution < -0.4 is 5.32 Å². The van der Waals surface area contributed by atoms with Crippen molar-refractivity contribution in [1.82, 2.24) is 5.32 Å². The van der Waals surface area contributed by atoms with Gasteiger partial charge in [-0.3, -0.25) is 0 Å². The Hall–Kier alpha value is -0.820. The van der Waals surface area contributed by atoms with E-state index in [-0.39, 0.29) is 5.54 Å². The first kappa shape index (κ1) is 16.2. The largest absolute Gasteiger partial charge is 0.312 e. The topological polar surface area (TPSA) is 12.0 Å². The zero-order valence-electron chi connectivity index (χ0n) is 13.9. The summed E-state index contributed by atoms with van der Waals surface area (Å²) in [6, 6.07) is 4.62. The predicted molar refractivity (Wildman–Crippen MR) is 85.9 cm³/mol. The Morgan fingerprint density at radius 2 is 1.58 bits per heavy atom. The lowest BCUT2D eigenvalue weighted by molar-refractivity contribution is 0.393. The van der Waals surface area contributed by atoms with Gasteiger partial charge in [0.2, 0.25) is 0 Å². The summed E-state index contributed by atoms with van der Waals surface area (Å²) in [7, 11) is 0. The van der Waals surface area contributed by atoms with E-state index in [2.05, 4.69) is 65.9 Å². The third-order valence-corrected chi connectivity index (χ3v) is 3.69. The van der Waals surface area contributed by atoms with E-state index in [1.54, 1.807) is 5.56 Å². The Bertz CT molecular complexity index is 389. The monoisotopic (exact) mass is 261 g/mol. The van der Waals surface area contributed by atoms with E-state index in [4.69, 9.17) is 0 Å². The van der Waals surface area contributed by atoms with Gasteiger partial charge in [0.1, 0.15) is 0 Å². The van der Waals surface area contributed by atoms with Crippen LogP contribution in [0.4, 0.5) is 0 Å². The zero-order valence-corrected chi connectivity index (χ0v) is 13.9. The van der Waals surface area contributed by atoms with Crippen LogP contribution in [0.3, 0.4) is 0 Å². The molecule has 1 atom stereocenters. The Morgan fingerprint density at radius 1 is 1.05 bits per heavy atom. The Morgan fingerprint density at radius 3 is 2.05 bits per heavy atom. The summed E-state index contributed by atoms with van der Waals surface area (Å²) in [4.78, 5) is 0. The van der Waals surface area contributed by atoms with Crippen LogP contribution in [0.15, 0.2) is 12.1 Å². The maximum absolute atomic E-state index is 3.58. The Labute approximate surface area is 119 Å². The standard InChI is InChI=1S/C18H31N/c1-13(8-9-19-18(5,6)7)12-17-15(3)10-14(2)11-16(17)4/h10-11,13,19H,8-9,12H2,1-7H3. The molecule has 0 saturated heterocycles. The Balaban J connectivity index is 2.55. The fraction of sp³-hybridized carbons (Fsp3) is 0.667. The van der Waals surface area contributed by atoms with Crippen LogP contribution in [0.25, 0.3) is 0 Å². The number of rotatable bonds is 5. The van der Waals surface area contributed by atoms with E-state index >= 15 is 0 Å². The smallest absolute Gasteiger partial charge is 0.00965 e. The van der Waals surface area contributed by atoms with Gasteiger partial charge in [-0.15, -0.1) is 0 Å². The van der Waals surface area contributed by atoms with Crippen molar-refractivity contribution < 1.29 is 0 Å². The molecule has 1 nitrogen and oxygen atoms in total. The van der Waals surface area contributed by atoms with Crippen molar-refractivity contribution in [2.24, 2.45) is 5.92 Å². The summed E-state index contributed by atoms with van der Waals surface area (Å²) in [6.45, 7) is 16.8. The van der Waals surface area contributed by atoms with Gasteiger partial charge < -0.3 is 5.32 Å². The molecule has 0 saturated carbocycles. The van der Waals surface area contributed by atoms with Gasteiger partial charge in [0.25, 0.3) is 0 Å². The molecule has 1 aromatic carbocycles. The summed E-state index contributed by atoms with van der Waals surface area (Å²) >= 11 is 0. The van der Waals surface area contributed by atoms with Gasteiger partial charge in [-0.2, -0.15) is 0 Å². The van der Waals surface area contributed by atoms with Gasteiger partial charge in [-0.1, -0.05) is 24.6 Å². The number of aryl methyl sites for hydroxylation is 3. The van der Waals surface area contributed by atoms with E-state index in [0.29, 0.717) is 0 Å². The van der Waals surface area contributed by atoms with Gasteiger partial charge in [-0.05, 0) is 83.5 Å². The van der Waals surface area contributed by atoms with Crippen molar-refractivity contribution >= 4 is 0 Å². The van der Waals surface area contributed by atoms with E-state index in [1.807, 2.05) is 0 Å². The van der Waals surface area contributed by atoms with Crippen LogP contribution >= 0.6 is 0 Å². The van der Waals surface area contributed by atoms with E-state index < -0.39 is 0 Å². The zero-order chi connectivity index (χ0) is 14.6. The number of nitrogens with one attached hydrogen (secondary N) is 1. The molecule has 1 N–H and O–H groups in total. The van der Waals surface area contributed by atoms with Crippen LogP contribution in [0.5, 0.6) is 0 Å². The lowest BCUT2D eigenvalue weighted by Gasteiger charge is -2.22. The van der Waals surface area contributed by atoms with Crippen LogP contribution in [0, 0.1) is 26.7 Å². The molecule has 1 heteroatoms. The SMILES string of the molecule is Cc1cc(C)c(CC(C)CCNC(C)(C)C)c(C)c1. The molecule has 0 bridgehead atoms. The molecule has 0 fully saturated rings. The van der Waals surface area contributed by atoms with Gasteiger partial charge in [-0.25, -0.2) is 0 Å². The van der Waals surface area contributed by atoms with E-state index in [9.17, 15) is 0 Å². The molecule has 19 heavy (non-hydrogen) atoms. The summed E-state index contributed by atoms with van der Waals surface area (Å²) in [5.41, 5.74) is 6.06. The van der Waals surface area contributed by atoms with Gasteiger partial charge in [0.15, 0.2) is 0 Å². The quantitative estimate of drug-likeness (QED) is 0.819. The molecule has 0 aliphatic heterocycles. The second-order valence-electron chi connectivity index (χ2n) is 7.15. The van der Waals surface area contributed by atoms with Crippen molar-refractivity contribution in [3.05, 3.63) is 34.4 Å². The first-order valence-corrected chi connectivity index (χ1v) is 7.51. The molecule has 0 aromatic heterocycles. The first-order valence-electron chi connectivity index (χ1n) is 7.51. The lowest BCUT2D eigenvalue weighted by Crippen LogP contribution is -2.37. The minimum atomic E-state index is 0.232. The molecule has 0 amide bonds. The second kappa shape index (κ2) is 6.56. The van der Waals surface area contributed by atoms with E-state index in [0.717, 1.165) is 12.5 Å². The summed E-state index contributed by atoms with van der Waals surface area (Å²) < 4.78 is 0. The molecule has 0 radical (unpaired) electrons. The van der Waals surface area contributed by atoms with Crippen molar-refractivity contribution in [2.75, 3.05) is 6.54 Å². The third-order valence-electron chi connectivity index (χ3n) is 3.69. The number of benzene rings is 1. The number of hydrogen-bond acceptors (Lipinski definition) is 1. The fourth-order valence-electron chi connectivity index (χ4n) is 2.68. The second-order valence-corrected chi connectivity index (χ2v) is 7.15. The van der Waals surface area contributed by atoms with Gasteiger partial charge in [0.05, 0.1) is 0 Å². The normalized spacial score (nSPS) is 13.6. The summed E-state index contributed by atoms with van der Waals surface area (Å²) in [5.74, 6) is 0.731. The highest BCUT2D eigenvalue weighted by atomic mass is 14.9. The first-order chi connectivity index (χ1) is 8.69. The fourth-order valence-corrected chi connectivity index (χ4v) is 2.68. The molecule has 1 aromatic rings. The van der Waals surface area contributed by atoms with Crippen molar-refractivity contribution in [3.8, 4) is 0 Å². The third kappa shape index (κ3) is 5.78. The van der Waals surface area contributed by atoms with Gasteiger partial charge >= 0.3 is 0 Å². The van der Waals surface area contributed by atoms with Crippen molar-refractivity contribution in [2.45, 2.75) is 66.8 Å². The number of hydrogen-bond donors (Lipinski definition) is 1. The minimum Gasteiger partial charge on any atom is -0.312 e. The Kier molecular flexibility index (Phi) is 5.61. The molecule has 0 aliphatic rings. The molecule has 1 rings (SSSR count). The maximum Gasteiger partial charge on any atom is 0.00965 e. The highest BCUT2D eigenvalue weighted by Crippen LogP contribution is 2.21. The molecule has 0 aliphatic carbocycles. The van der Waals surface area contributed by atoms with Crippen molar-refractivity contribution in [3.63, 3.8) is 0 Å². The van der Waals surface area contributed by atoms with Crippen LogP contribution in [-0.4, -0.2) is 12.1 Å². The van der Waals surface area contributed by atoms with Crippen LogP contribution in [0.1, 0.15) is 56.4 Å². The van der Waals surface area contributed by atoms with Crippen molar-refractivity contribution in [1.29, 1.82) is 0 Å². The highest BCUT2D eigenvalue weighted by Gasteiger charge is 2.12. The minimum absolute atomic E-state index is 0.232. The molecule has 1 unspecified atom stereocenters. The van der Waals surface area contributed by atoms with E-state index in [1.165, 1.54) is 29.5 Å². The molecule has 0 heterocycles. The summed E-state index contributed by atoms with van der Waals surface area (Å²) in [6.07, 6.45) is 2.44. The van der Waals surface area contributed by atoms with Gasteiger partial charge in [0, 0.05) is 5.54 Å². The van der Waals surface area contributed by atoms with Crippen LogP contribution in [0.2, 0.25) is 0 Å². The molecule has 0 spiro atoms. The molecular formula is C18H31N. The molecular weight excluding hydrogens is 230 g/mol. The lowest BCUT2D eigenvalue weighted by atomic mass is 9.90. The highest BCUT2D eigenvalue weighted by molar-refractivity contribution is 5.37. The average molecular weight is 261 g/mol. The maximum atomic E-state index is 3.58. The predicted octanol–water partition coefficient (Wildman–Crippen LogP) is 4.57. The molecule has 108 valence electrons. The van der Waals surface area contributed by atoms with Crippen LogP contribution in [-0.2, 0) is 6.42 Å².